The van der Waals surface area contributed by atoms with Crippen LogP contribution in [0.25, 0.3) is 97.6 Å². The molecule has 0 fully saturated rings. The highest BCUT2D eigenvalue weighted by molar-refractivity contribution is 7.26. The van der Waals surface area contributed by atoms with Gasteiger partial charge in [0.2, 0.25) is 0 Å². The van der Waals surface area contributed by atoms with E-state index in [2.05, 4.69) is 167 Å². The SMILES string of the molecule is c1ccc(-n2c3ccccc3c3cc(-c4nc(-n5c6ccccc6c6c7ccccc7ccc65)c5sc6ccccc6c5n4)ccc32)cc1. The first-order chi connectivity index (χ1) is 24.3. The van der Waals surface area contributed by atoms with Gasteiger partial charge in [-0.15, -0.1) is 11.3 Å². The second-order valence-corrected chi connectivity index (χ2v) is 13.7. The maximum absolute atomic E-state index is 5.50. The van der Waals surface area contributed by atoms with Gasteiger partial charge in [0.15, 0.2) is 11.6 Å². The lowest BCUT2D eigenvalue weighted by molar-refractivity contribution is 1.08. The highest BCUT2D eigenvalue weighted by atomic mass is 32.1. The fourth-order valence-electron chi connectivity index (χ4n) is 7.79. The van der Waals surface area contributed by atoms with E-state index in [1.165, 1.54) is 42.5 Å². The Morgan fingerprint density at radius 1 is 0.449 bits per heavy atom. The summed E-state index contributed by atoms with van der Waals surface area (Å²) in [4.78, 5) is 10.8. The lowest BCUT2D eigenvalue weighted by atomic mass is 10.0. The minimum absolute atomic E-state index is 0.719. The molecule has 0 aliphatic rings. The van der Waals surface area contributed by atoms with Gasteiger partial charge >= 0.3 is 0 Å². The Kier molecular flexibility index (Phi) is 5.51. The predicted molar refractivity (Wildman–Crippen MR) is 207 cm³/mol. The third-order valence-electron chi connectivity index (χ3n) is 9.92. The Balaban J connectivity index is 1.24. The molecule has 0 saturated heterocycles. The molecule has 0 amide bonds. The van der Waals surface area contributed by atoms with Gasteiger partial charge in [0, 0.05) is 42.9 Å². The molecule has 0 radical (unpaired) electrons. The largest absolute Gasteiger partial charge is 0.309 e. The molecule has 11 aromatic rings. The number of aromatic nitrogens is 4. The van der Waals surface area contributed by atoms with E-state index in [0.717, 1.165) is 55.0 Å². The molecule has 0 N–H and O–H groups in total. The number of fused-ring (bicyclic) bond motifs is 11. The van der Waals surface area contributed by atoms with E-state index in [4.69, 9.17) is 9.97 Å². The topological polar surface area (TPSA) is 35.6 Å². The van der Waals surface area contributed by atoms with Gasteiger partial charge in [-0.1, -0.05) is 103 Å². The van der Waals surface area contributed by atoms with Crippen molar-refractivity contribution in [3.63, 3.8) is 0 Å². The van der Waals surface area contributed by atoms with Gasteiger partial charge < -0.3 is 4.57 Å². The first kappa shape index (κ1) is 26.7. The second kappa shape index (κ2) is 10.1. The lowest BCUT2D eigenvalue weighted by Gasteiger charge is -2.11. The van der Waals surface area contributed by atoms with Crippen LogP contribution in [0.1, 0.15) is 0 Å². The first-order valence-electron chi connectivity index (χ1n) is 16.5. The van der Waals surface area contributed by atoms with Crippen LogP contribution in [0.4, 0.5) is 0 Å². The van der Waals surface area contributed by atoms with Crippen LogP contribution in [0.15, 0.2) is 158 Å². The van der Waals surface area contributed by atoms with Gasteiger partial charge in [-0.3, -0.25) is 4.57 Å². The Morgan fingerprint density at radius 2 is 1.10 bits per heavy atom. The van der Waals surface area contributed by atoms with E-state index in [1.54, 1.807) is 11.3 Å². The molecular formula is C44H26N4S. The molecule has 228 valence electrons. The normalized spacial score (nSPS) is 12.1. The van der Waals surface area contributed by atoms with Gasteiger partial charge in [-0.05, 0) is 65.4 Å². The molecule has 0 aliphatic heterocycles. The van der Waals surface area contributed by atoms with Gasteiger partial charge in [0.05, 0.1) is 32.3 Å². The molecule has 4 heterocycles. The summed E-state index contributed by atoms with van der Waals surface area (Å²) >= 11 is 1.77. The fraction of sp³-hybridized carbons (Fsp3) is 0. The minimum atomic E-state index is 0.719. The summed E-state index contributed by atoms with van der Waals surface area (Å²) < 4.78 is 7.00. The van der Waals surface area contributed by atoms with Crippen LogP contribution in [0.5, 0.6) is 0 Å². The fourth-order valence-corrected chi connectivity index (χ4v) is 8.91. The molecule has 0 bridgehead atoms. The number of para-hydroxylation sites is 3. The van der Waals surface area contributed by atoms with Crippen molar-refractivity contribution < 1.29 is 0 Å². The third kappa shape index (κ3) is 3.79. The predicted octanol–water partition coefficient (Wildman–Crippen LogP) is 11.9. The van der Waals surface area contributed by atoms with Crippen LogP contribution in [-0.4, -0.2) is 19.1 Å². The van der Waals surface area contributed by atoms with Crippen LogP contribution < -0.4 is 0 Å². The Hall–Kier alpha value is -6.30. The van der Waals surface area contributed by atoms with Crippen LogP contribution >= 0.6 is 11.3 Å². The van der Waals surface area contributed by atoms with E-state index in [1.807, 2.05) is 0 Å². The van der Waals surface area contributed by atoms with E-state index < -0.39 is 0 Å². The first-order valence-corrected chi connectivity index (χ1v) is 17.3. The van der Waals surface area contributed by atoms with Crippen molar-refractivity contribution in [2.24, 2.45) is 0 Å². The van der Waals surface area contributed by atoms with E-state index in [9.17, 15) is 0 Å². The maximum Gasteiger partial charge on any atom is 0.162 e. The number of thiophene rings is 1. The quantitative estimate of drug-likeness (QED) is 0.192. The summed E-state index contributed by atoms with van der Waals surface area (Å²) in [5.41, 5.74) is 7.74. The second-order valence-electron chi connectivity index (χ2n) is 12.6. The molecule has 0 atom stereocenters. The molecule has 4 nitrogen and oxygen atoms in total. The molecule has 0 unspecified atom stereocenters. The van der Waals surface area contributed by atoms with Crippen LogP contribution in [0.3, 0.4) is 0 Å². The molecule has 5 heteroatoms. The van der Waals surface area contributed by atoms with Crippen LogP contribution in [0.2, 0.25) is 0 Å². The summed E-state index contributed by atoms with van der Waals surface area (Å²) in [6.45, 7) is 0. The molecule has 0 saturated carbocycles. The molecule has 11 rings (SSSR count). The lowest BCUT2D eigenvalue weighted by Crippen LogP contribution is -2.01. The van der Waals surface area contributed by atoms with Crippen molar-refractivity contribution in [3.05, 3.63) is 158 Å². The van der Waals surface area contributed by atoms with Crippen molar-refractivity contribution in [1.82, 2.24) is 19.1 Å². The Labute approximate surface area is 284 Å². The summed E-state index contributed by atoms with van der Waals surface area (Å²) in [6, 6.07) is 56.4. The molecule has 4 aromatic heterocycles. The van der Waals surface area contributed by atoms with Gasteiger partial charge in [0.1, 0.15) is 0 Å². The zero-order valence-electron chi connectivity index (χ0n) is 26.2. The number of rotatable bonds is 3. The van der Waals surface area contributed by atoms with Crippen molar-refractivity contribution in [3.8, 4) is 22.9 Å². The number of nitrogens with zero attached hydrogens (tertiary/aromatic N) is 4. The molecule has 49 heavy (non-hydrogen) atoms. The van der Waals surface area contributed by atoms with Crippen molar-refractivity contribution in [2.45, 2.75) is 0 Å². The summed E-state index contributed by atoms with van der Waals surface area (Å²) in [7, 11) is 0. The minimum Gasteiger partial charge on any atom is -0.309 e. The van der Waals surface area contributed by atoms with Crippen LogP contribution in [0, 0.1) is 0 Å². The van der Waals surface area contributed by atoms with Crippen molar-refractivity contribution in [1.29, 1.82) is 0 Å². The molecule has 0 spiro atoms. The summed E-state index contributed by atoms with van der Waals surface area (Å²) in [5.74, 6) is 1.63. The van der Waals surface area contributed by atoms with Crippen molar-refractivity contribution >= 4 is 86.0 Å². The highest BCUT2D eigenvalue weighted by Crippen LogP contribution is 2.42. The van der Waals surface area contributed by atoms with E-state index >= 15 is 0 Å². The van der Waals surface area contributed by atoms with Crippen molar-refractivity contribution in [2.75, 3.05) is 0 Å². The number of hydrogen-bond donors (Lipinski definition) is 0. The average molecular weight is 643 g/mol. The van der Waals surface area contributed by atoms with Gasteiger partial charge in [-0.2, -0.15) is 0 Å². The third-order valence-corrected chi connectivity index (χ3v) is 11.1. The van der Waals surface area contributed by atoms with E-state index in [-0.39, 0.29) is 0 Å². The summed E-state index contributed by atoms with van der Waals surface area (Å²) in [5, 5.41) is 8.49. The van der Waals surface area contributed by atoms with Crippen LogP contribution in [-0.2, 0) is 0 Å². The summed E-state index contributed by atoms with van der Waals surface area (Å²) in [6.07, 6.45) is 0. The molecule has 0 aliphatic carbocycles. The van der Waals surface area contributed by atoms with Gasteiger partial charge in [0.25, 0.3) is 0 Å². The zero-order chi connectivity index (χ0) is 32.1. The maximum atomic E-state index is 5.50. The molecule has 7 aromatic carbocycles. The Morgan fingerprint density at radius 3 is 1.96 bits per heavy atom. The standard InChI is InChI=1S/C44H26N4S/c1-2-13-29(14-3-1)47-35-19-9-6-16-31(35)34-26-28(23-24-37(34)47)43-45-41-33-18-8-11-21-39(33)49-42(41)44(46-43)48-36-20-10-7-17-32(36)40-30-15-5-4-12-27(30)22-25-38(40)48/h1-26H. The Bertz CT molecular complexity index is 3110. The smallest absolute Gasteiger partial charge is 0.162 e. The number of benzene rings is 7. The van der Waals surface area contributed by atoms with Gasteiger partial charge in [-0.25, -0.2) is 9.97 Å². The average Bonchev–Trinajstić information content (AvgIpc) is 3.82. The monoisotopic (exact) mass is 642 g/mol. The highest BCUT2D eigenvalue weighted by Gasteiger charge is 2.22. The number of hydrogen-bond acceptors (Lipinski definition) is 3. The van der Waals surface area contributed by atoms with E-state index in [0.29, 0.717) is 0 Å². The molecular weight excluding hydrogens is 617 g/mol. The zero-order valence-corrected chi connectivity index (χ0v) is 27.0.